The number of piperazine rings is 1. The first-order chi connectivity index (χ1) is 19.1. The van der Waals surface area contributed by atoms with E-state index in [0.29, 0.717) is 41.9 Å². The normalized spacial score (nSPS) is 18.7. The van der Waals surface area contributed by atoms with Gasteiger partial charge in [-0.25, -0.2) is 21.6 Å². The van der Waals surface area contributed by atoms with Crippen LogP contribution in [0.25, 0.3) is 0 Å². The number of halogens is 3. The van der Waals surface area contributed by atoms with Crippen molar-refractivity contribution >= 4 is 21.6 Å². The smallest absolute Gasteiger partial charge is 0.225 e. The quantitative estimate of drug-likeness (QED) is 0.381. The number of carbonyl (C=O) groups excluding carboxylic acids is 1. The molecular weight excluding hydrogens is 539 g/mol. The van der Waals surface area contributed by atoms with Gasteiger partial charge in [0.2, 0.25) is 15.9 Å². The van der Waals surface area contributed by atoms with E-state index in [1.807, 2.05) is 0 Å². The molecule has 1 saturated heterocycles. The zero-order chi connectivity index (χ0) is 28.5. The zero-order valence-corrected chi connectivity index (χ0v) is 23.0. The first-order valence-corrected chi connectivity index (χ1v) is 15.2. The molecule has 2 fully saturated rings. The van der Waals surface area contributed by atoms with Crippen LogP contribution < -0.4 is 10.6 Å². The molecule has 1 aliphatic carbocycles. The third-order valence-electron chi connectivity index (χ3n) is 7.87. The van der Waals surface area contributed by atoms with Gasteiger partial charge in [0.25, 0.3) is 0 Å². The Morgan fingerprint density at radius 3 is 2.15 bits per heavy atom. The van der Waals surface area contributed by atoms with E-state index < -0.39 is 38.9 Å². The molecule has 0 aromatic heterocycles. The molecule has 2 aliphatic rings. The fraction of sp³-hybridized carbons (Fsp3) is 0.367. The second kappa shape index (κ2) is 11.3. The van der Waals surface area contributed by atoms with Gasteiger partial charge < -0.3 is 10.6 Å². The number of sulfonamides is 1. The van der Waals surface area contributed by atoms with E-state index in [2.05, 4.69) is 10.6 Å². The molecule has 2 N–H and O–H groups in total. The standard InChI is InChI=1S/C30H32F3N3O3S/c1-40(38,39)36-24(18-34-19-30(36)15-16-30)13-14-25-27(33)3-2-4-28(25)35-29(37)17-26(20-5-9-22(31)10-6-20)21-7-11-23(32)12-8-21/h2-12,24,26,34H,13-19H2,1H3,(H,35,37)/t24-/m0/s1. The Kier molecular flexibility index (Phi) is 8.03. The molecule has 5 rings (SSSR count). The van der Waals surface area contributed by atoms with E-state index >= 15 is 4.39 Å². The van der Waals surface area contributed by atoms with Gasteiger partial charge in [-0.15, -0.1) is 0 Å². The minimum atomic E-state index is -3.45. The Morgan fingerprint density at radius 2 is 1.60 bits per heavy atom. The van der Waals surface area contributed by atoms with E-state index in [1.54, 1.807) is 34.6 Å². The highest BCUT2D eigenvalue weighted by atomic mass is 32.2. The number of nitrogens with one attached hydrogen (secondary N) is 2. The van der Waals surface area contributed by atoms with E-state index in [9.17, 15) is 22.0 Å². The maximum absolute atomic E-state index is 15.0. The summed E-state index contributed by atoms with van der Waals surface area (Å²) in [6, 6.07) is 15.7. The van der Waals surface area contributed by atoms with Crippen LogP contribution >= 0.6 is 0 Å². The second-order valence-electron chi connectivity index (χ2n) is 10.8. The molecule has 1 amide bonds. The minimum Gasteiger partial charge on any atom is -0.326 e. The SMILES string of the molecule is CS(=O)(=O)N1[C@@H](CCc2c(F)cccc2NC(=O)CC(c2ccc(F)cc2)c2ccc(F)cc2)CNCC12CC2. The molecule has 40 heavy (non-hydrogen) atoms. The minimum absolute atomic E-state index is 0.0376. The number of amides is 1. The van der Waals surface area contributed by atoms with E-state index in [0.717, 1.165) is 12.8 Å². The number of hydrogen-bond donors (Lipinski definition) is 2. The van der Waals surface area contributed by atoms with Gasteiger partial charge in [0, 0.05) is 48.3 Å². The van der Waals surface area contributed by atoms with Crippen molar-refractivity contribution in [3.8, 4) is 0 Å². The lowest BCUT2D eigenvalue weighted by Gasteiger charge is -2.41. The number of anilines is 1. The van der Waals surface area contributed by atoms with Crippen molar-refractivity contribution in [1.29, 1.82) is 0 Å². The fourth-order valence-electron chi connectivity index (χ4n) is 5.85. The van der Waals surface area contributed by atoms with Crippen molar-refractivity contribution in [3.63, 3.8) is 0 Å². The predicted molar refractivity (Wildman–Crippen MR) is 148 cm³/mol. The molecule has 1 aliphatic heterocycles. The summed E-state index contributed by atoms with van der Waals surface area (Å²) >= 11 is 0. The van der Waals surface area contributed by atoms with Gasteiger partial charge in [0.1, 0.15) is 17.5 Å². The molecule has 3 aromatic rings. The molecule has 1 spiro atoms. The van der Waals surface area contributed by atoms with Crippen LogP contribution in [-0.4, -0.2) is 49.6 Å². The molecular formula is C30H32F3N3O3S. The lowest BCUT2D eigenvalue weighted by Crippen LogP contribution is -2.60. The topological polar surface area (TPSA) is 78.5 Å². The summed E-state index contributed by atoms with van der Waals surface area (Å²) in [6.45, 7) is 1.09. The van der Waals surface area contributed by atoms with Crippen molar-refractivity contribution in [2.75, 3.05) is 24.7 Å². The van der Waals surface area contributed by atoms with Crippen molar-refractivity contribution in [2.24, 2.45) is 0 Å². The van der Waals surface area contributed by atoms with Crippen molar-refractivity contribution < 1.29 is 26.4 Å². The van der Waals surface area contributed by atoms with Crippen LogP contribution in [0.5, 0.6) is 0 Å². The Bertz CT molecular complexity index is 1430. The summed E-state index contributed by atoms with van der Waals surface area (Å²) in [5, 5.41) is 6.16. The molecule has 0 bridgehead atoms. The van der Waals surface area contributed by atoms with Crippen LogP contribution in [0.1, 0.15) is 48.3 Å². The zero-order valence-electron chi connectivity index (χ0n) is 22.2. The summed E-state index contributed by atoms with van der Waals surface area (Å²) in [4.78, 5) is 13.3. The van der Waals surface area contributed by atoms with Crippen molar-refractivity contribution in [1.82, 2.24) is 9.62 Å². The Balaban J connectivity index is 1.34. The fourth-order valence-corrected chi connectivity index (χ4v) is 7.52. The maximum Gasteiger partial charge on any atom is 0.225 e. The number of carbonyl (C=O) groups is 1. The molecule has 10 heteroatoms. The van der Waals surface area contributed by atoms with Gasteiger partial charge in [0.15, 0.2) is 0 Å². The van der Waals surface area contributed by atoms with Crippen LogP contribution in [0, 0.1) is 17.5 Å². The van der Waals surface area contributed by atoms with Crippen LogP contribution in [0.15, 0.2) is 66.7 Å². The molecule has 1 saturated carbocycles. The van der Waals surface area contributed by atoms with Crippen LogP contribution in [0.4, 0.5) is 18.9 Å². The highest BCUT2D eigenvalue weighted by Crippen LogP contribution is 2.46. The Labute approximate surface area is 232 Å². The maximum atomic E-state index is 15.0. The van der Waals surface area contributed by atoms with Gasteiger partial charge in [-0.2, -0.15) is 4.31 Å². The van der Waals surface area contributed by atoms with E-state index in [4.69, 9.17) is 0 Å². The molecule has 0 unspecified atom stereocenters. The van der Waals surface area contributed by atoms with Gasteiger partial charge in [-0.05, 0) is 73.2 Å². The third kappa shape index (κ3) is 6.24. The van der Waals surface area contributed by atoms with Crippen molar-refractivity contribution in [3.05, 3.63) is 101 Å². The largest absolute Gasteiger partial charge is 0.326 e. The molecule has 212 valence electrons. The lowest BCUT2D eigenvalue weighted by molar-refractivity contribution is -0.116. The third-order valence-corrected chi connectivity index (χ3v) is 9.27. The summed E-state index contributed by atoms with van der Waals surface area (Å²) in [6.07, 6.45) is 3.40. The average molecular weight is 572 g/mol. The predicted octanol–water partition coefficient (Wildman–Crippen LogP) is 4.96. The summed E-state index contributed by atoms with van der Waals surface area (Å²) in [5.41, 5.74) is 1.60. The highest BCUT2D eigenvalue weighted by Gasteiger charge is 2.55. The monoisotopic (exact) mass is 571 g/mol. The first-order valence-electron chi connectivity index (χ1n) is 13.3. The summed E-state index contributed by atoms with van der Waals surface area (Å²) in [5.74, 6) is -2.18. The molecule has 0 radical (unpaired) electrons. The van der Waals surface area contributed by atoms with Gasteiger partial charge >= 0.3 is 0 Å². The van der Waals surface area contributed by atoms with E-state index in [-0.39, 0.29) is 24.8 Å². The first kappa shape index (κ1) is 28.3. The van der Waals surface area contributed by atoms with Crippen LogP contribution in [-0.2, 0) is 21.2 Å². The summed E-state index contributed by atoms with van der Waals surface area (Å²) in [7, 11) is -3.45. The molecule has 6 nitrogen and oxygen atoms in total. The number of hydrogen-bond acceptors (Lipinski definition) is 4. The molecule has 1 atom stereocenters. The Morgan fingerprint density at radius 1 is 1.00 bits per heavy atom. The Hall–Kier alpha value is -3.21. The average Bonchev–Trinajstić information content (AvgIpc) is 3.66. The number of rotatable bonds is 9. The molecule has 3 aromatic carbocycles. The second-order valence-corrected chi connectivity index (χ2v) is 12.6. The molecule has 1 heterocycles. The highest BCUT2D eigenvalue weighted by molar-refractivity contribution is 7.88. The van der Waals surface area contributed by atoms with Gasteiger partial charge in [-0.3, -0.25) is 4.79 Å². The van der Waals surface area contributed by atoms with E-state index in [1.165, 1.54) is 42.7 Å². The lowest BCUT2D eigenvalue weighted by atomic mass is 9.88. The summed E-state index contributed by atoms with van der Waals surface area (Å²) < 4.78 is 69.1. The number of benzene rings is 3. The van der Waals surface area contributed by atoms with Crippen LogP contribution in [0.2, 0.25) is 0 Å². The van der Waals surface area contributed by atoms with Crippen LogP contribution in [0.3, 0.4) is 0 Å². The van der Waals surface area contributed by atoms with Gasteiger partial charge in [0.05, 0.1) is 6.26 Å². The van der Waals surface area contributed by atoms with Crippen molar-refractivity contribution in [2.45, 2.75) is 49.6 Å². The van der Waals surface area contributed by atoms with Gasteiger partial charge in [-0.1, -0.05) is 30.3 Å². The number of nitrogens with zero attached hydrogens (tertiary/aromatic N) is 1.